The van der Waals surface area contributed by atoms with E-state index in [1.165, 1.54) is 12.1 Å². The van der Waals surface area contributed by atoms with Gasteiger partial charge < -0.3 is 10.4 Å². The summed E-state index contributed by atoms with van der Waals surface area (Å²) in [4.78, 5) is 0. The average molecular weight is 231 g/mol. The number of hydrogen-bond donors (Lipinski definition) is 2. The molecule has 0 amide bonds. The summed E-state index contributed by atoms with van der Waals surface area (Å²) in [5.41, 5.74) is 1.63. The molecule has 0 saturated heterocycles. The standard InChI is InChI=1S/C14H14FNO/c15-12-7-4-8-13(9-12)16-14(10-17)11-5-2-1-3-6-11/h1-9,14,16-17H,10H2. The normalized spacial score (nSPS) is 12.1. The highest BCUT2D eigenvalue weighted by Gasteiger charge is 2.09. The molecule has 0 aliphatic rings. The molecular formula is C14H14FNO. The minimum absolute atomic E-state index is 0.0411. The molecule has 3 heteroatoms. The monoisotopic (exact) mass is 231 g/mol. The molecule has 2 N–H and O–H groups in total. The van der Waals surface area contributed by atoms with Crippen molar-refractivity contribution in [2.75, 3.05) is 11.9 Å². The van der Waals surface area contributed by atoms with Crippen molar-refractivity contribution in [3.63, 3.8) is 0 Å². The van der Waals surface area contributed by atoms with Crippen molar-refractivity contribution in [2.45, 2.75) is 6.04 Å². The number of benzene rings is 2. The van der Waals surface area contributed by atoms with Gasteiger partial charge in [0.05, 0.1) is 12.6 Å². The Morgan fingerprint density at radius 2 is 1.82 bits per heavy atom. The molecule has 2 rings (SSSR count). The molecule has 88 valence electrons. The van der Waals surface area contributed by atoms with E-state index in [9.17, 15) is 9.50 Å². The van der Waals surface area contributed by atoms with E-state index < -0.39 is 0 Å². The van der Waals surface area contributed by atoms with E-state index in [0.717, 1.165) is 5.56 Å². The smallest absolute Gasteiger partial charge is 0.125 e. The zero-order valence-electron chi connectivity index (χ0n) is 9.31. The topological polar surface area (TPSA) is 32.3 Å². The summed E-state index contributed by atoms with van der Waals surface area (Å²) in [6.45, 7) is -0.0411. The lowest BCUT2D eigenvalue weighted by molar-refractivity contribution is 0.276. The highest BCUT2D eigenvalue weighted by Crippen LogP contribution is 2.19. The van der Waals surface area contributed by atoms with Crippen LogP contribution in [0.15, 0.2) is 54.6 Å². The van der Waals surface area contributed by atoms with E-state index in [1.54, 1.807) is 12.1 Å². The van der Waals surface area contributed by atoms with Gasteiger partial charge in [-0.2, -0.15) is 0 Å². The highest BCUT2D eigenvalue weighted by molar-refractivity contribution is 5.45. The Labute approximate surface area is 99.7 Å². The first-order chi connectivity index (χ1) is 8.29. The molecular weight excluding hydrogens is 217 g/mol. The lowest BCUT2D eigenvalue weighted by atomic mass is 10.1. The number of halogens is 1. The number of rotatable bonds is 4. The van der Waals surface area contributed by atoms with Crippen molar-refractivity contribution in [3.05, 3.63) is 66.0 Å². The second-order valence-electron chi connectivity index (χ2n) is 3.80. The van der Waals surface area contributed by atoms with Gasteiger partial charge in [0.2, 0.25) is 0 Å². The van der Waals surface area contributed by atoms with Gasteiger partial charge in [0.15, 0.2) is 0 Å². The third-order valence-corrected chi connectivity index (χ3v) is 2.55. The van der Waals surface area contributed by atoms with Gasteiger partial charge in [-0.3, -0.25) is 0 Å². The first-order valence-corrected chi connectivity index (χ1v) is 5.47. The molecule has 0 radical (unpaired) electrons. The second-order valence-corrected chi connectivity index (χ2v) is 3.80. The molecule has 1 atom stereocenters. The maximum absolute atomic E-state index is 13.0. The summed E-state index contributed by atoms with van der Waals surface area (Å²) < 4.78 is 13.0. The van der Waals surface area contributed by atoms with Crippen molar-refractivity contribution in [3.8, 4) is 0 Å². The van der Waals surface area contributed by atoms with Crippen LogP contribution in [0.25, 0.3) is 0 Å². The van der Waals surface area contributed by atoms with Crippen molar-refractivity contribution >= 4 is 5.69 Å². The predicted octanol–water partition coefficient (Wildman–Crippen LogP) is 2.97. The van der Waals surface area contributed by atoms with Crippen molar-refractivity contribution < 1.29 is 9.50 Å². The van der Waals surface area contributed by atoms with Crippen molar-refractivity contribution in [1.29, 1.82) is 0 Å². The van der Waals surface area contributed by atoms with E-state index in [2.05, 4.69) is 5.32 Å². The van der Waals surface area contributed by atoms with Crippen LogP contribution in [0.4, 0.5) is 10.1 Å². The fourth-order valence-electron chi connectivity index (χ4n) is 1.70. The summed E-state index contributed by atoms with van der Waals surface area (Å²) in [5, 5.41) is 12.4. The fraction of sp³-hybridized carbons (Fsp3) is 0.143. The molecule has 0 bridgehead atoms. The second kappa shape index (κ2) is 5.46. The lowest BCUT2D eigenvalue weighted by Gasteiger charge is -2.18. The third-order valence-electron chi connectivity index (χ3n) is 2.55. The lowest BCUT2D eigenvalue weighted by Crippen LogP contribution is -2.14. The zero-order valence-corrected chi connectivity index (χ0v) is 9.31. The number of aliphatic hydroxyl groups excluding tert-OH is 1. The quantitative estimate of drug-likeness (QED) is 0.847. The molecule has 2 aromatic rings. The molecule has 0 fully saturated rings. The van der Waals surface area contributed by atoms with Crippen LogP contribution < -0.4 is 5.32 Å². The van der Waals surface area contributed by atoms with Crippen LogP contribution in [0.1, 0.15) is 11.6 Å². The average Bonchev–Trinajstić information content (AvgIpc) is 2.37. The first kappa shape index (κ1) is 11.6. The summed E-state index contributed by atoms with van der Waals surface area (Å²) in [5.74, 6) is -0.292. The van der Waals surface area contributed by atoms with E-state index in [1.807, 2.05) is 30.3 Å². The van der Waals surface area contributed by atoms with E-state index in [-0.39, 0.29) is 18.5 Å². The third kappa shape index (κ3) is 3.04. The minimum Gasteiger partial charge on any atom is -0.394 e. The Kier molecular flexibility index (Phi) is 3.73. The van der Waals surface area contributed by atoms with Crippen LogP contribution in [0.5, 0.6) is 0 Å². The maximum atomic E-state index is 13.0. The van der Waals surface area contributed by atoms with E-state index in [0.29, 0.717) is 5.69 Å². The van der Waals surface area contributed by atoms with Gasteiger partial charge in [0, 0.05) is 5.69 Å². The largest absolute Gasteiger partial charge is 0.394 e. The highest BCUT2D eigenvalue weighted by atomic mass is 19.1. The molecule has 0 spiro atoms. The maximum Gasteiger partial charge on any atom is 0.125 e. The van der Waals surface area contributed by atoms with Gasteiger partial charge in [-0.15, -0.1) is 0 Å². The molecule has 1 unspecified atom stereocenters. The predicted molar refractivity (Wildman–Crippen MR) is 66.3 cm³/mol. The minimum atomic E-state index is -0.292. The Morgan fingerprint density at radius 1 is 1.06 bits per heavy atom. The SMILES string of the molecule is OCC(Nc1cccc(F)c1)c1ccccc1. The molecule has 2 aromatic carbocycles. The van der Waals surface area contributed by atoms with Gasteiger partial charge in [-0.1, -0.05) is 36.4 Å². The summed E-state index contributed by atoms with van der Waals surface area (Å²) >= 11 is 0. The summed E-state index contributed by atoms with van der Waals surface area (Å²) in [6.07, 6.45) is 0. The van der Waals surface area contributed by atoms with Gasteiger partial charge in [-0.05, 0) is 23.8 Å². The van der Waals surface area contributed by atoms with Crippen LogP contribution in [-0.4, -0.2) is 11.7 Å². The first-order valence-electron chi connectivity index (χ1n) is 5.47. The van der Waals surface area contributed by atoms with Crippen LogP contribution in [-0.2, 0) is 0 Å². The van der Waals surface area contributed by atoms with Crippen LogP contribution in [0, 0.1) is 5.82 Å². The molecule has 0 aromatic heterocycles. The van der Waals surface area contributed by atoms with Gasteiger partial charge in [0.1, 0.15) is 5.82 Å². The summed E-state index contributed by atoms with van der Waals surface area (Å²) in [7, 11) is 0. The molecule has 0 heterocycles. The van der Waals surface area contributed by atoms with Crippen LogP contribution in [0.3, 0.4) is 0 Å². The number of hydrogen-bond acceptors (Lipinski definition) is 2. The molecule has 0 aliphatic heterocycles. The van der Waals surface area contributed by atoms with E-state index in [4.69, 9.17) is 0 Å². The van der Waals surface area contributed by atoms with Gasteiger partial charge in [0.25, 0.3) is 0 Å². The van der Waals surface area contributed by atoms with E-state index >= 15 is 0 Å². The molecule has 17 heavy (non-hydrogen) atoms. The molecule has 2 nitrogen and oxygen atoms in total. The number of anilines is 1. The number of aliphatic hydroxyl groups is 1. The number of nitrogens with one attached hydrogen (secondary N) is 1. The van der Waals surface area contributed by atoms with Gasteiger partial charge in [-0.25, -0.2) is 4.39 Å². The van der Waals surface area contributed by atoms with Crippen LogP contribution in [0.2, 0.25) is 0 Å². The summed E-state index contributed by atoms with van der Waals surface area (Å²) in [6, 6.07) is 15.6. The Morgan fingerprint density at radius 3 is 2.47 bits per heavy atom. The zero-order chi connectivity index (χ0) is 12.1. The van der Waals surface area contributed by atoms with Gasteiger partial charge >= 0.3 is 0 Å². The molecule has 0 aliphatic carbocycles. The Bertz CT molecular complexity index is 473. The van der Waals surface area contributed by atoms with Crippen LogP contribution >= 0.6 is 0 Å². The van der Waals surface area contributed by atoms with Crippen molar-refractivity contribution in [1.82, 2.24) is 0 Å². The fourth-order valence-corrected chi connectivity index (χ4v) is 1.70. The van der Waals surface area contributed by atoms with Crippen molar-refractivity contribution in [2.24, 2.45) is 0 Å². The Balaban J connectivity index is 2.16. The molecule has 0 saturated carbocycles. The Hall–Kier alpha value is -1.87.